The number of aliphatic hydroxyl groups is 1. The Kier molecular flexibility index (Phi) is 6.00. The van der Waals surface area contributed by atoms with Gasteiger partial charge in [-0.15, -0.1) is 0 Å². The zero-order valence-corrected chi connectivity index (χ0v) is 17.6. The summed E-state index contributed by atoms with van der Waals surface area (Å²) in [6, 6.07) is 9.61. The molecular formula is C22H32N4O3. The van der Waals surface area contributed by atoms with Gasteiger partial charge in [0.1, 0.15) is 11.2 Å². The predicted molar refractivity (Wildman–Crippen MR) is 111 cm³/mol. The molecule has 1 heterocycles. The maximum absolute atomic E-state index is 13.0. The number of amides is 2. The van der Waals surface area contributed by atoms with Crippen LogP contribution in [0.3, 0.4) is 0 Å². The first kappa shape index (κ1) is 21.3. The molecule has 3 rings (SSSR count). The number of likely N-dealkylation sites (N-methyl/N-ethyl adjacent to an activating group) is 1. The molecule has 7 nitrogen and oxygen atoms in total. The molecule has 2 amide bonds. The number of nitrogens with zero attached hydrogens (tertiary/aromatic N) is 1. The molecule has 0 spiro atoms. The van der Waals surface area contributed by atoms with Gasteiger partial charge in [0.25, 0.3) is 5.91 Å². The zero-order chi connectivity index (χ0) is 21.3. The van der Waals surface area contributed by atoms with Crippen LogP contribution in [-0.2, 0) is 9.59 Å². The molecule has 5 N–H and O–H groups in total. The number of primary amides is 1. The van der Waals surface area contributed by atoms with E-state index in [0.29, 0.717) is 18.5 Å². The van der Waals surface area contributed by atoms with Crippen LogP contribution in [0.4, 0.5) is 0 Å². The molecule has 1 saturated carbocycles. The van der Waals surface area contributed by atoms with Crippen LogP contribution in [0.2, 0.25) is 0 Å². The standard InChI is InChI=1S/C22H32N4O3/c1-13-10-17(11-14(2)19(13)27)22(21(23)29)12-18(20(28)24-4)25-26(22)15(3)16-8-6-5-7-9-16/h5-9,12-15,17,19,25,27H,10-11H2,1-4H3,(H2,23,29)(H,24,28)/t13-,14+,15-,17?,19?,22?/m0/s1. The molecule has 0 radical (unpaired) electrons. The summed E-state index contributed by atoms with van der Waals surface area (Å²) in [5.41, 5.74) is 9.37. The molecule has 6 atom stereocenters. The minimum absolute atomic E-state index is 0.0336. The van der Waals surface area contributed by atoms with Crippen LogP contribution >= 0.6 is 0 Å². The van der Waals surface area contributed by atoms with Gasteiger partial charge in [-0.2, -0.15) is 5.01 Å². The molecule has 1 aromatic carbocycles. The minimum Gasteiger partial charge on any atom is -0.393 e. The van der Waals surface area contributed by atoms with E-state index in [1.165, 1.54) is 0 Å². The molecule has 1 aromatic rings. The third kappa shape index (κ3) is 3.65. The molecule has 158 valence electrons. The van der Waals surface area contributed by atoms with Crippen LogP contribution < -0.4 is 16.5 Å². The van der Waals surface area contributed by atoms with E-state index >= 15 is 0 Å². The summed E-state index contributed by atoms with van der Waals surface area (Å²) in [7, 11) is 1.56. The van der Waals surface area contributed by atoms with Crippen molar-refractivity contribution in [2.45, 2.75) is 51.3 Å². The van der Waals surface area contributed by atoms with E-state index in [2.05, 4.69) is 10.7 Å². The Bertz CT molecular complexity index is 785. The number of carbonyl (C=O) groups excluding carboxylic acids is 2. The zero-order valence-electron chi connectivity index (χ0n) is 17.6. The Morgan fingerprint density at radius 2 is 1.83 bits per heavy atom. The van der Waals surface area contributed by atoms with Crippen molar-refractivity contribution in [2.75, 3.05) is 7.05 Å². The fraction of sp³-hybridized carbons (Fsp3) is 0.545. The van der Waals surface area contributed by atoms with Crippen molar-refractivity contribution < 1.29 is 14.7 Å². The molecule has 1 fully saturated rings. The van der Waals surface area contributed by atoms with Gasteiger partial charge in [-0.25, -0.2) is 0 Å². The fourth-order valence-corrected chi connectivity index (χ4v) is 4.99. The number of rotatable bonds is 5. The SMILES string of the molecule is CNC(=O)C1=CC(C(N)=O)(C2C[C@@H](C)C(O)[C@@H](C)C2)N([C@@H](C)c2ccccc2)N1. The molecule has 1 aliphatic carbocycles. The summed E-state index contributed by atoms with van der Waals surface area (Å²) in [5.74, 6) is -0.852. The molecular weight excluding hydrogens is 368 g/mol. The molecule has 29 heavy (non-hydrogen) atoms. The quantitative estimate of drug-likeness (QED) is 0.599. The number of aliphatic hydroxyl groups excluding tert-OH is 1. The summed E-state index contributed by atoms with van der Waals surface area (Å²) in [5, 5.41) is 14.9. The van der Waals surface area contributed by atoms with Gasteiger partial charge in [0, 0.05) is 7.05 Å². The lowest BCUT2D eigenvalue weighted by molar-refractivity contribution is -0.137. The molecule has 1 aliphatic heterocycles. The van der Waals surface area contributed by atoms with E-state index in [-0.39, 0.29) is 29.7 Å². The summed E-state index contributed by atoms with van der Waals surface area (Å²) < 4.78 is 0. The number of nitrogens with two attached hydrogens (primary N) is 1. The molecule has 2 aliphatic rings. The fourth-order valence-electron chi connectivity index (χ4n) is 4.99. The second-order valence-corrected chi connectivity index (χ2v) is 8.51. The van der Waals surface area contributed by atoms with Crippen molar-refractivity contribution in [1.29, 1.82) is 0 Å². The van der Waals surface area contributed by atoms with Gasteiger partial charge in [0.15, 0.2) is 0 Å². The van der Waals surface area contributed by atoms with Crippen molar-refractivity contribution in [3.05, 3.63) is 47.7 Å². The Hall–Kier alpha value is -2.38. The average molecular weight is 401 g/mol. The number of benzene rings is 1. The average Bonchev–Trinajstić information content (AvgIpc) is 3.13. The summed E-state index contributed by atoms with van der Waals surface area (Å²) in [4.78, 5) is 25.5. The monoisotopic (exact) mass is 400 g/mol. The van der Waals surface area contributed by atoms with Gasteiger partial charge in [-0.05, 0) is 49.2 Å². The lowest BCUT2D eigenvalue weighted by Crippen LogP contribution is -2.63. The first-order valence-electron chi connectivity index (χ1n) is 10.3. The lowest BCUT2D eigenvalue weighted by atomic mass is 9.66. The largest absolute Gasteiger partial charge is 0.393 e. The van der Waals surface area contributed by atoms with E-state index < -0.39 is 17.6 Å². The first-order chi connectivity index (χ1) is 13.7. The Balaban J connectivity index is 2.09. The highest BCUT2D eigenvalue weighted by Crippen LogP contribution is 2.46. The summed E-state index contributed by atoms with van der Waals surface area (Å²) >= 11 is 0. The highest BCUT2D eigenvalue weighted by atomic mass is 16.3. The van der Waals surface area contributed by atoms with Crippen LogP contribution in [0.5, 0.6) is 0 Å². The van der Waals surface area contributed by atoms with Crippen LogP contribution in [-0.4, -0.2) is 40.6 Å². The van der Waals surface area contributed by atoms with Gasteiger partial charge < -0.3 is 21.6 Å². The van der Waals surface area contributed by atoms with E-state index in [9.17, 15) is 14.7 Å². The maximum atomic E-state index is 13.0. The number of hydrogen-bond acceptors (Lipinski definition) is 5. The summed E-state index contributed by atoms with van der Waals surface area (Å²) in [6.45, 7) is 5.99. The Morgan fingerprint density at radius 1 is 1.24 bits per heavy atom. The smallest absolute Gasteiger partial charge is 0.268 e. The van der Waals surface area contributed by atoms with Crippen LogP contribution in [0, 0.1) is 17.8 Å². The lowest BCUT2D eigenvalue weighted by Gasteiger charge is -2.48. The Labute approximate surface area is 172 Å². The predicted octanol–water partition coefficient (Wildman–Crippen LogP) is 1.46. The van der Waals surface area contributed by atoms with Crippen LogP contribution in [0.25, 0.3) is 0 Å². The Morgan fingerprint density at radius 3 is 2.34 bits per heavy atom. The molecule has 0 aromatic heterocycles. The molecule has 3 unspecified atom stereocenters. The van der Waals surface area contributed by atoms with E-state index in [0.717, 1.165) is 5.56 Å². The van der Waals surface area contributed by atoms with Crippen molar-refractivity contribution in [2.24, 2.45) is 23.5 Å². The number of hydrogen-bond donors (Lipinski definition) is 4. The van der Waals surface area contributed by atoms with Gasteiger partial charge in [-0.1, -0.05) is 44.2 Å². The molecule has 7 heteroatoms. The van der Waals surface area contributed by atoms with Crippen molar-refractivity contribution in [3.8, 4) is 0 Å². The number of hydrazine groups is 1. The highest BCUT2D eigenvalue weighted by Gasteiger charge is 2.56. The molecule has 0 saturated heterocycles. The first-order valence-corrected chi connectivity index (χ1v) is 10.3. The highest BCUT2D eigenvalue weighted by molar-refractivity contribution is 5.97. The third-order valence-electron chi connectivity index (χ3n) is 6.64. The van der Waals surface area contributed by atoms with Gasteiger partial charge >= 0.3 is 0 Å². The van der Waals surface area contributed by atoms with E-state index in [1.54, 1.807) is 13.1 Å². The maximum Gasteiger partial charge on any atom is 0.268 e. The summed E-state index contributed by atoms with van der Waals surface area (Å²) in [6.07, 6.45) is 2.57. The van der Waals surface area contributed by atoms with Gasteiger partial charge in [0.2, 0.25) is 5.91 Å². The minimum atomic E-state index is -1.17. The molecule has 0 bridgehead atoms. The topological polar surface area (TPSA) is 108 Å². The number of carbonyl (C=O) groups is 2. The second-order valence-electron chi connectivity index (χ2n) is 8.51. The van der Waals surface area contributed by atoms with Crippen molar-refractivity contribution in [1.82, 2.24) is 15.8 Å². The van der Waals surface area contributed by atoms with Crippen molar-refractivity contribution >= 4 is 11.8 Å². The third-order valence-corrected chi connectivity index (χ3v) is 6.64. The number of nitrogens with one attached hydrogen (secondary N) is 2. The van der Waals surface area contributed by atoms with E-state index in [4.69, 9.17) is 5.73 Å². The van der Waals surface area contributed by atoms with Crippen LogP contribution in [0.15, 0.2) is 42.1 Å². The van der Waals surface area contributed by atoms with Gasteiger partial charge in [0.05, 0.1) is 12.1 Å². The van der Waals surface area contributed by atoms with Gasteiger partial charge in [-0.3, -0.25) is 9.59 Å². The second kappa shape index (κ2) is 8.16. The van der Waals surface area contributed by atoms with Crippen molar-refractivity contribution in [3.63, 3.8) is 0 Å². The normalized spacial score (nSPS) is 33.5. The van der Waals surface area contributed by atoms with Crippen LogP contribution in [0.1, 0.15) is 45.2 Å². The van der Waals surface area contributed by atoms with E-state index in [1.807, 2.05) is 56.1 Å².